The molecule has 1 N–H and O–H groups in total. The summed E-state index contributed by atoms with van der Waals surface area (Å²) in [7, 11) is 1.94. The predicted molar refractivity (Wildman–Crippen MR) is 62.1 cm³/mol. The van der Waals surface area contributed by atoms with Crippen LogP contribution in [0.2, 0.25) is 0 Å². The third kappa shape index (κ3) is 2.94. The number of morpholine rings is 1. The zero-order valence-electron chi connectivity index (χ0n) is 9.20. The fraction of sp³-hybridized carbons (Fsp3) is 0.500. The van der Waals surface area contributed by atoms with E-state index in [-0.39, 0.29) is 0 Å². The van der Waals surface area contributed by atoms with Crippen molar-refractivity contribution in [2.75, 3.05) is 38.7 Å². The van der Waals surface area contributed by atoms with Gasteiger partial charge in [-0.1, -0.05) is 12.1 Å². The van der Waals surface area contributed by atoms with Crippen LogP contribution >= 0.6 is 0 Å². The topological polar surface area (TPSA) is 24.5 Å². The highest BCUT2D eigenvalue weighted by Crippen LogP contribution is 2.11. The molecule has 0 radical (unpaired) electrons. The second-order valence-corrected chi connectivity index (χ2v) is 3.84. The highest BCUT2D eigenvalue weighted by molar-refractivity contribution is 5.43. The molecule has 1 saturated heterocycles. The van der Waals surface area contributed by atoms with Crippen molar-refractivity contribution in [1.29, 1.82) is 0 Å². The van der Waals surface area contributed by atoms with E-state index in [2.05, 4.69) is 34.5 Å². The van der Waals surface area contributed by atoms with Gasteiger partial charge in [0.1, 0.15) is 0 Å². The largest absolute Gasteiger partial charge is 0.388 e. The minimum absolute atomic E-state index is 0.870. The van der Waals surface area contributed by atoms with Crippen LogP contribution in [0.1, 0.15) is 5.56 Å². The van der Waals surface area contributed by atoms with Crippen LogP contribution in [0.5, 0.6) is 0 Å². The molecule has 1 heterocycles. The van der Waals surface area contributed by atoms with Gasteiger partial charge < -0.3 is 10.1 Å². The first-order chi connectivity index (χ1) is 7.38. The second kappa shape index (κ2) is 5.14. The minimum atomic E-state index is 0.870. The van der Waals surface area contributed by atoms with Gasteiger partial charge in [-0.2, -0.15) is 0 Å². The van der Waals surface area contributed by atoms with E-state index < -0.39 is 0 Å². The smallest absolute Gasteiger partial charge is 0.0594 e. The first kappa shape index (κ1) is 10.5. The highest BCUT2D eigenvalue weighted by atomic mass is 16.5. The molecule has 0 amide bonds. The Kier molecular flexibility index (Phi) is 3.59. The predicted octanol–water partition coefficient (Wildman–Crippen LogP) is 1.56. The summed E-state index contributed by atoms with van der Waals surface area (Å²) >= 11 is 0. The molecule has 3 heteroatoms. The van der Waals surface area contributed by atoms with Gasteiger partial charge in [-0.3, -0.25) is 4.90 Å². The normalized spacial score (nSPS) is 17.7. The van der Waals surface area contributed by atoms with Gasteiger partial charge >= 0.3 is 0 Å². The third-order valence-corrected chi connectivity index (χ3v) is 2.75. The Balaban J connectivity index is 1.91. The SMILES string of the molecule is CNc1ccc(CN2CCOCC2)cc1. The molecule has 82 valence electrons. The number of nitrogens with one attached hydrogen (secondary N) is 1. The molecule has 0 atom stereocenters. The van der Waals surface area contributed by atoms with Crippen LogP contribution in [0.3, 0.4) is 0 Å². The fourth-order valence-electron chi connectivity index (χ4n) is 1.79. The fourth-order valence-corrected chi connectivity index (χ4v) is 1.79. The monoisotopic (exact) mass is 206 g/mol. The molecule has 1 aliphatic rings. The lowest BCUT2D eigenvalue weighted by Crippen LogP contribution is -2.35. The third-order valence-electron chi connectivity index (χ3n) is 2.75. The zero-order valence-corrected chi connectivity index (χ0v) is 9.20. The number of hydrogen-bond donors (Lipinski definition) is 1. The minimum Gasteiger partial charge on any atom is -0.388 e. The van der Waals surface area contributed by atoms with E-state index in [9.17, 15) is 0 Å². The summed E-state index contributed by atoms with van der Waals surface area (Å²) in [6.07, 6.45) is 0. The Hall–Kier alpha value is -1.06. The Morgan fingerprint density at radius 2 is 1.87 bits per heavy atom. The maximum atomic E-state index is 5.32. The van der Waals surface area contributed by atoms with Gasteiger partial charge in [-0.15, -0.1) is 0 Å². The molecule has 1 fully saturated rings. The van der Waals surface area contributed by atoms with Crippen LogP contribution in [-0.2, 0) is 11.3 Å². The van der Waals surface area contributed by atoms with Crippen LogP contribution in [-0.4, -0.2) is 38.3 Å². The summed E-state index contributed by atoms with van der Waals surface area (Å²) < 4.78 is 5.32. The van der Waals surface area contributed by atoms with Crippen molar-refractivity contribution in [3.05, 3.63) is 29.8 Å². The molecule has 1 aliphatic heterocycles. The lowest BCUT2D eigenvalue weighted by molar-refractivity contribution is 0.0342. The van der Waals surface area contributed by atoms with Gasteiger partial charge in [-0.25, -0.2) is 0 Å². The van der Waals surface area contributed by atoms with Gasteiger partial charge in [0.15, 0.2) is 0 Å². The van der Waals surface area contributed by atoms with Crippen molar-refractivity contribution >= 4 is 5.69 Å². The number of rotatable bonds is 3. The maximum absolute atomic E-state index is 5.32. The standard InChI is InChI=1S/C12H18N2O/c1-13-12-4-2-11(3-5-12)10-14-6-8-15-9-7-14/h2-5,13H,6-10H2,1H3. The maximum Gasteiger partial charge on any atom is 0.0594 e. The molecule has 15 heavy (non-hydrogen) atoms. The second-order valence-electron chi connectivity index (χ2n) is 3.84. The Morgan fingerprint density at radius 3 is 2.47 bits per heavy atom. The van der Waals surface area contributed by atoms with Crippen LogP contribution in [0.4, 0.5) is 5.69 Å². The molecule has 0 bridgehead atoms. The summed E-state index contributed by atoms with van der Waals surface area (Å²) in [6.45, 7) is 4.87. The van der Waals surface area contributed by atoms with Crippen LogP contribution < -0.4 is 5.32 Å². The van der Waals surface area contributed by atoms with E-state index in [1.165, 1.54) is 11.3 Å². The van der Waals surface area contributed by atoms with Gasteiger partial charge in [0, 0.05) is 32.4 Å². The Morgan fingerprint density at radius 1 is 1.20 bits per heavy atom. The van der Waals surface area contributed by atoms with Crippen molar-refractivity contribution < 1.29 is 4.74 Å². The molecule has 1 aromatic carbocycles. The highest BCUT2D eigenvalue weighted by Gasteiger charge is 2.10. The molecule has 0 unspecified atom stereocenters. The van der Waals surface area contributed by atoms with Crippen LogP contribution in [0.25, 0.3) is 0 Å². The average molecular weight is 206 g/mol. The van der Waals surface area contributed by atoms with E-state index >= 15 is 0 Å². The molecule has 0 aliphatic carbocycles. The van der Waals surface area contributed by atoms with Crippen molar-refractivity contribution in [3.8, 4) is 0 Å². The van der Waals surface area contributed by atoms with Gasteiger partial charge in [-0.05, 0) is 17.7 Å². The summed E-state index contributed by atoms with van der Waals surface area (Å²) in [6, 6.07) is 8.61. The molecule has 1 aromatic rings. The van der Waals surface area contributed by atoms with Gasteiger partial charge in [0.2, 0.25) is 0 Å². The number of hydrogen-bond acceptors (Lipinski definition) is 3. The van der Waals surface area contributed by atoms with E-state index in [1.807, 2.05) is 7.05 Å². The molecule has 0 aromatic heterocycles. The molecular formula is C12H18N2O. The quantitative estimate of drug-likeness (QED) is 0.812. The number of ether oxygens (including phenoxy) is 1. The number of anilines is 1. The molecular weight excluding hydrogens is 188 g/mol. The lowest BCUT2D eigenvalue weighted by atomic mass is 10.2. The van der Waals surface area contributed by atoms with Crippen molar-refractivity contribution in [2.45, 2.75) is 6.54 Å². The summed E-state index contributed by atoms with van der Waals surface area (Å²) in [4.78, 5) is 2.43. The summed E-state index contributed by atoms with van der Waals surface area (Å²) in [5.41, 5.74) is 2.54. The zero-order chi connectivity index (χ0) is 10.5. The van der Waals surface area contributed by atoms with Crippen molar-refractivity contribution in [3.63, 3.8) is 0 Å². The van der Waals surface area contributed by atoms with E-state index in [0.29, 0.717) is 0 Å². The van der Waals surface area contributed by atoms with E-state index in [0.717, 1.165) is 32.8 Å². The van der Waals surface area contributed by atoms with E-state index in [1.54, 1.807) is 0 Å². The first-order valence-electron chi connectivity index (χ1n) is 5.45. The summed E-state index contributed by atoms with van der Waals surface area (Å²) in [5.74, 6) is 0. The Labute approximate surface area is 91.0 Å². The van der Waals surface area contributed by atoms with Gasteiger partial charge in [0.25, 0.3) is 0 Å². The lowest BCUT2D eigenvalue weighted by Gasteiger charge is -2.26. The number of nitrogens with zero attached hydrogens (tertiary/aromatic N) is 1. The number of benzene rings is 1. The van der Waals surface area contributed by atoms with Gasteiger partial charge in [0.05, 0.1) is 13.2 Å². The van der Waals surface area contributed by atoms with Crippen LogP contribution in [0.15, 0.2) is 24.3 Å². The average Bonchev–Trinajstić information content (AvgIpc) is 2.31. The van der Waals surface area contributed by atoms with Crippen molar-refractivity contribution in [1.82, 2.24) is 4.90 Å². The molecule has 0 saturated carbocycles. The molecule has 2 rings (SSSR count). The van der Waals surface area contributed by atoms with Crippen LogP contribution in [0, 0.1) is 0 Å². The first-order valence-corrected chi connectivity index (χ1v) is 5.45. The van der Waals surface area contributed by atoms with Crippen molar-refractivity contribution in [2.24, 2.45) is 0 Å². The summed E-state index contributed by atoms with van der Waals surface area (Å²) in [5, 5.41) is 3.12. The Bertz CT molecular complexity index is 291. The molecule has 0 spiro atoms. The van der Waals surface area contributed by atoms with E-state index in [4.69, 9.17) is 4.74 Å². The molecule has 3 nitrogen and oxygen atoms in total.